The molecule has 0 unspecified atom stereocenters. The van der Waals surface area contributed by atoms with Crippen molar-refractivity contribution in [1.82, 2.24) is 0 Å². The number of hydrogen-bond donors (Lipinski definition) is 18. The van der Waals surface area contributed by atoms with Crippen LogP contribution in [0.15, 0.2) is 23.8 Å². The molecule has 7 fully saturated rings. The summed E-state index contributed by atoms with van der Waals surface area (Å²) in [5, 5.41) is 192. The molecule has 28 heteroatoms. The molecule has 9 aliphatic rings. The molecule has 0 spiro atoms. The summed E-state index contributed by atoms with van der Waals surface area (Å²) in [5.41, 5.74) is -1.76. The van der Waals surface area contributed by atoms with Crippen LogP contribution in [0.2, 0.25) is 0 Å². The van der Waals surface area contributed by atoms with E-state index in [1.165, 1.54) is 19.4 Å². The predicted octanol–water partition coefficient (Wildman–Crippen LogP) is -4.60. The summed E-state index contributed by atoms with van der Waals surface area (Å²) >= 11 is 0. The zero-order valence-electron chi connectivity index (χ0n) is 51.2. The number of aliphatic hydroxyl groups excluding tert-OH is 17. The molecule has 5 saturated heterocycles. The van der Waals surface area contributed by atoms with Gasteiger partial charge in [-0.1, -0.05) is 65.3 Å². The minimum Gasteiger partial charge on any atom is -0.394 e. The Morgan fingerprint density at radius 3 is 1.47 bits per heavy atom. The topological polar surface area (TPSA) is 456 Å². The molecule has 0 aromatic rings. The highest BCUT2D eigenvalue weighted by Gasteiger charge is 2.66. The molecule has 0 bridgehead atoms. The Kier molecular flexibility index (Phi) is 21.9. The Balaban J connectivity index is 0.875. The Bertz CT molecular complexity index is 2360. The summed E-state index contributed by atoms with van der Waals surface area (Å²) in [6.45, 7) is 13.1. The molecule has 88 heavy (non-hydrogen) atoms. The molecule has 5 aliphatic heterocycles. The fraction of sp³-hybridized carbons (Fsp3) is 0.933. The first kappa shape index (κ1) is 70.7. The fourth-order valence-corrected chi connectivity index (χ4v) is 16.3. The van der Waals surface area contributed by atoms with Gasteiger partial charge in [-0.15, -0.1) is 0 Å². The third kappa shape index (κ3) is 12.9. The maximum atomic E-state index is 11.8. The predicted molar refractivity (Wildman–Crippen MR) is 299 cm³/mol. The van der Waals surface area contributed by atoms with Gasteiger partial charge >= 0.3 is 0 Å². The largest absolute Gasteiger partial charge is 0.394 e. The number of allylic oxidation sites excluding steroid dienone is 3. The Morgan fingerprint density at radius 2 is 0.966 bits per heavy atom. The zero-order chi connectivity index (χ0) is 64.7. The molecule has 9 rings (SSSR count). The zero-order valence-corrected chi connectivity index (χ0v) is 51.2. The standard InChI is InChI=1S/C60H100O28/c1-24(9-13-35(57(4,5)78)87-55-50(88-54-49(77)43(71)38(66)30(21-63)83-54)45(73)40(68)32(85-55)23-80-52-47(75)42(70)37(65)29(20-62)82-52)25-15-16-60(8)33-12-10-26-27(58(33,6)17-18-59(25,60)7)11-14-34(56(26,2)3)86-53-48(76)44(72)39(67)31(84-53)22-79-51-46(74)41(69)36(64)28(19-61)81-51/h10,17-18,24-25,27-55,61-78H,9,11-16,19-23H2,1-8H3/t24-,25-,27-,28-,29-,30+,31-,32-,33-,34+,35-,36-,37-,38+,39-,40-,41+,42+,43-,44+,45+,46-,47-,48-,49+,50-,51-,52-,53+,54-,55+,58+,59-,60+/m1/s1. The van der Waals surface area contributed by atoms with Crippen LogP contribution in [0.4, 0.5) is 0 Å². The van der Waals surface area contributed by atoms with Crippen LogP contribution in [-0.2, 0) is 47.4 Å². The van der Waals surface area contributed by atoms with E-state index >= 15 is 0 Å². The smallest absolute Gasteiger partial charge is 0.187 e. The lowest BCUT2D eigenvalue weighted by atomic mass is 9.41. The van der Waals surface area contributed by atoms with Gasteiger partial charge in [0.1, 0.15) is 122 Å². The molecule has 0 aromatic carbocycles. The summed E-state index contributed by atoms with van der Waals surface area (Å²) in [5.74, 6) is 0.517. The first-order valence-electron chi connectivity index (χ1n) is 31.2. The van der Waals surface area contributed by atoms with Crippen LogP contribution in [0.5, 0.6) is 0 Å². The summed E-state index contributed by atoms with van der Waals surface area (Å²) in [4.78, 5) is 0. The van der Waals surface area contributed by atoms with E-state index in [0.717, 1.165) is 25.7 Å². The van der Waals surface area contributed by atoms with Crippen molar-refractivity contribution in [3.05, 3.63) is 23.8 Å². The SMILES string of the molecule is C[C@H](CC[C@@H](O[C@@H]1O[C@H](CO[C@@H]2O[C@H](CO)[C@@H](O)[C@H](O)[C@H]2O)[C@@H](O)[C@H](O)[C@H]1O[C@H]1O[C@@H](CO)[C@H](O)[C@@H](O)[C@@H]1O)C(C)(C)O)[C@H]1CC[C@@]2(C)[C@@H]3CC=C4[C@@H](CC[C@H](O[C@@H]5O[C@H](CO[C@@H]6O[C@H](CO)[C@@H](O)[C@H](O)[C@H]6O)[C@@H](O)[C@H](O)[C@H]5O)C4(C)C)[C@]3(C)C=C[C@]12C. The third-order valence-corrected chi connectivity index (χ3v) is 22.2. The molecule has 0 amide bonds. The van der Waals surface area contributed by atoms with Crippen molar-refractivity contribution in [1.29, 1.82) is 0 Å². The van der Waals surface area contributed by atoms with E-state index in [1.54, 1.807) is 0 Å². The van der Waals surface area contributed by atoms with Crippen molar-refractivity contribution in [3.8, 4) is 0 Å². The lowest BCUT2D eigenvalue weighted by molar-refractivity contribution is -0.380. The molecule has 0 radical (unpaired) electrons. The quantitative estimate of drug-likeness (QED) is 0.0510. The minimum absolute atomic E-state index is 0.0342. The van der Waals surface area contributed by atoms with Gasteiger partial charge < -0.3 is 139 Å². The summed E-state index contributed by atoms with van der Waals surface area (Å²) in [6, 6.07) is 0. The summed E-state index contributed by atoms with van der Waals surface area (Å²) < 4.78 is 59.4. The lowest BCUT2D eigenvalue weighted by Crippen LogP contribution is -2.65. The van der Waals surface area contributed by atoms with Gasteiger partial charge in [0.25, 0.3) is 0 Å². The second-order valence-corrected chi connectivity index (χ2v) is 28.2. The van der Waals surface area contributed by atoms with E-state index in [1.807, 2.05) is 0 Å². The van der Waals surface area contributed by atoms with Gasteiger partial charge in [0.05, 0.1) is 50.8 Å². The summed E-state index contributed by atoms with van der Waals surface area (Å²) in [7, 11) is 0. The highest BCUT2D eigenvalue weighted by molar-refractivity contribution is 5.35. The Morgan fingerprint density at radius 1 is 0.523 bits per heavy atom. The second kappa shape index (κ2) is 27.2. The molecule has 5 heterocycles. The van der Waals surface area contributed by atoms with Crippen LogP contribution >= 0.6 is 0 Å². The average Bonchev–Trinajstić information content (AvgIpc) is 1.42. The van der Waals surface area contributed by atoms with Crippen molar-refractivity contribution < 1.29 is 139 Å². The van der Waals surface area contributed by atoms with Gasteiger partial charge in [-0.05, 0) is 98.7 Å². The normalized spacial score (nSPS) is 51.2. The molecule has 0 aromatic heterocycles. The first-order chi connectivity index (χ1) is 41.2. The molecule has 4 aliphatic carbocycles. The monoisotopic (exact) mass is 1270 g/mol. The number of ether oxygens (including phenoxy) is 10. The van der Waals surface area contributed by atoms with Crippen molar-refractivity contribution in [2.75, 3.05) is 33.0 Å². The van der Waals surface area contributed by atoms with Crippen LogP contribution < -0.4 is 0 Å². The van der Waals surface area contributed by atoms with E-state index in [-0.39, 0.29) is 46.3 Å². The van der Waals surface area contributed by atoms with E-state index in [4.69, 9.17) is 47.4 Å². The molecule has 18 N–H and O–H groups in total. The number of fused-ring (bicyclic) bond motifs is 5. The minimum atomic E-state index is -1.94. The van der Waals surface area contributed by atoms with Crippen molar-refractivity contribution in [3.63, 3.8) is 0 Å². The van der Waals surface area contributed by atoms with E-state index < -0.39 is 210 Å². The van der Waals surface area contributed by atoms with Gasteiger partial charge in [-0.3, -0.25) is 0 Å². The van der Waals surface area contributed by atoms with Crippen molar-refractivity contribution >= 4 is 0 Å². The highest BCUT2D eigenvalue weighted by Crippen LogP contribution is 2.73. The third-order valence-electron chi connectivity index (χ3n) is 22.2. The van der Waals surface area contributed by atoms with Crippen LogP contribution in [-0.4, -0.2) is 296 Å². The molecular formula is C60H100O28. The van der Waals surface area contributed by atoms with Gasteiger partial charge in [0.2, 0.25) is 0 Å². The van der Waals surface area contributed by atoms with Gasteiger partial charge in [0, 0.05) is 5.41 Å². The van der Waals surface area contributed by atoms with Gasteiger partial charge in [0.15, 0.2) is 31.5 Å². The van der Waals surface area contributed by atoms with Gasteiger partial charge in [-0.25, -0.2) is 0 Å². The first-order valence-corrected chi connectivity index (χ1v) is 31.2. The molecule has 34 atom stereocenters. The molecule has 2 saturated carbocycles. The molecule has 508 valence electrons. The maximum absolute atomic E-state index is 11.8. The molecular weight excluding hydrogens is 1170 g/mol. The number of aliphatic hydroxyl groups is 18. The molecule has 28 nitrogen and oxygen atoms in total. The van der Waals surface area contributed by atoms with E-state index in [0.29, 0.717) is 12.8 Å². The Hall–Kier alpha value is -1.64. The van der Waals surface area contributed by atoms with E-state index in [9.17, 15) is 91.9 Å². The number of hydrogen-bond acceptors (Lipinski definition) is 28. The van der Waals surface area contributed by atoms with Crippen LogP contribution in [0, 0.1) is 45.3 Å². The van der Waals surface area contributed by atoms with Crippen LogP contribution in [0.1, 0.15) is 100 Å². The van der Waals surface area contributed by atoms with Crippen molar-refractivity contribution in [2.45, 2.75) is 272 Å². The fourth-order valence-electron chi connectivity index (χ4n) is 16.3. The van der Waals surface area contributed by atoms with Crippen molar-refractivity contribution in [2.24, 2.45) is 45.3 Å². The Labute approximate surface area is 511 Å². The van der Waals surface area contributed by atoms with Gasteiger partial charge in [-0.2, -0.15) is 0 Å². The summed E-state index contributed by atoms with van der Waals surface area (Å²) in [6.07, 6.45) is -31.2. The van der Waals surface area contributed by atoms with Crippen LogP contribution in [0.3, 0.4) is 0 Å². The highest BCUT2D eigenvalue weighted by atomic mass is 16.8. The number of rotatable bonds is 20. The lowest BCUT2D eigenvalue weighted by Gasteiger charge is -2.63. The maximum Gasteiger partial charge on any atom is 0.187 e. The van der Waals surface area contributed by atoms with E-state index in [2.05, 4.69) is 59.8 Å². The second-order valence-electron chi connectivity index (χ2n) is 28.2. The van der Waals surface area contributed by atoms with Crippen LogP contribution in [0.25, 0.3) is 0 Å². The average molecular weight is 1270 g/mol.